The van der Waals surface area contributed by atoms with E-state index >= 15 is 0 Å². The van der Waals surface area contributed by atoms with E-state index in [0.717, 1.165) is 5.56 Å². The molecule has 2 rings (SSSR count). The third-order valence-corrected chi connectivity index (χ3v) is 3.26. The Morgan fingerprint density at radius 1 is 1.24 bits per heavy atom. The monoisotopic (exact) mass is 289 g/mol. The summed E-state index contributed by atoms with van der Waals surface area (Å²) >= 11 is 0. The van der Waals surface area contributed by atoms with Crippen molar-refractivity contribution < 1.29 is 4.39 Å². The summed E-state index contributed by atoms with van der Waals surface area (Å²) in [6.45, 7) is 5.87. The standard InChI is InChI=1S/C16H20FN3O/c1-11(2)20-9-8-18-15(16(20)21)19-12(3)10-13-4-6-14(17)7-5-13/h4-9,11-12H,10H2,1-3H3,(H,18,19). The van der Waals surface area contributed by atoms with Crippen molar-refractivity contribution in [2.45, 2.75) is 39.3 Å². The van der Waals surface area contributed by atoms with Crippen LogP contribution < -0.4 is 10.9 Å². The van der Waals surface area contributed by atoms with Gasteiger partial charge in [0.2, 0.25) is 0 Å². The van der Waals surface area contributed by atoms with Crippen LogP contribution in [0.4, 0.5) is 10.2 Å². The molecule has 0 aliphatic carbocycles. The van der Waals surface area contributed by atoms with E-state index in [9.17, 15) is 9.18 Å². The summed E-state index contributed by atoms with van der Waals surface area (Å²) in [5.74, 6) is 0.102. The fourth-order valence-corrected chi connectivity index (χ4v) is 2.19. The van der Waals surface area contributed by atoms with Crippen LogP contribution in [0.1, 0.15) is 32.4 Å². The molecule has 0 radical (unpaired) electrons. The molecule has 112 valence electrons. The van der Waals surface area contributed by atoms with Crippen molar-refractivity contribution >= 4 is 5.82 Å². The highest BCUT2D eigenvalue weighted by atomic mass is 19.1. The third-order valence-electron chi connectivity index (χ3n) is 3.26. The number of hydrogen-bond donors (Lipinski definition) is 1. The van der Waals surface area contributed by atoms with Gasteiger partial charge in [0, 0.05) is 24.5 Å². The fraction of sp³-hybridized carbons (Fsp3) is 0.375. The van der Waals surface area contributed by atoms with Crippen LogP contribution in [-0.4, -0.2) is 15.6 Å². The Labute approximate surface area is 123 Å². The first-order valence-corrected chi connectivity index (χ1v) is 7.05. The van der Waals surface area contributed by atoms with Gasteiger partial charge in [0.05, 0.1) is 0 Å². The maximum Gasteiger partial charge on any atom is 0.293 e. The molecule has 2 aromatic rings. The van der Waals surface area contributed by atoms with Gasteiger partial charge in [0.25, 0.3) is 5.56 Å². The van der Waals surface area contributed by atoms with E-state index < -0.39 is 0 Å². The fourth-order valence-electron chi connectivity index (χ4n) is 2.19. The van der Waals surface area contributed by atoms with Crippen LogP contribution in [0, 0.1) is 5.82 Å². The van der Waals surface area contributed by atoms with Gasteiger partial charge in [-0.15, -0.1) is 0 Å². The number of anilines is 1. The van der Waals surface area contributed by atoms with E-state index in [1.54, 1.807) is 29.1 Å². The van der Waals surface area contributed by atoms with Gasteiger partial charge in [-0.05, 0) is 44.9 Å². The highest BCUT2D eigenvalue weighted by Crippen LogP contribution is 2.08. The van der Waals surface area contributed by atoms with Gasteiger partial charge in [-0.1, -0.05) is 12.1 Å². The van der Waals surface area contributed by atoms with Crippen LogP contribution in [0.25, 0.3) is 0 Å². The second-order valence-corrected chi connectivity index (χ2v) is 5.46. The Morgan fingerprint density at radius 3 is 2.52 bits per heavy atom. The molecule has 0 bridgehead atoms. The van der Waals surface area contributed by atoms with E-state index in [2.05, 4.69) is 10.3 Å². The quantitative estimate of drug-likeness (QED) is 0.920. The van der Waals surface area contributed by atoms with Gasteiger partial charge in [0.1, 0.15) is 5.82 Å². The minimum Gasteiger partial charge on any atom is -0.363 e. The number of nitrogens with zero attached hydrogens (tertiary/aromatic N) is 2. The largest absolute Gasteiger partial charge is 0.363 e. The molecule has 0 amide bonds. The molecule has 4 nitrogen and oxygen atoms in total. The predicted octanol–water partition coefficient (Wildman–Crippen LogP) is 3.01. The van der Waals surface area contributed by atoms with Crippen LogP contribution in [0.3, 0.4) is 0 Å². The van der Waals surface area contributed by atoms with Gasteiger partial charge >= 0.3 is 0 Å². The number of nitrogens with one attached hydrogen (secondary N) is 1. The highest BCUT2D eigenvalue weighted by Gasteiger charge is 2.10. The Morgan fingerprint density at radius 2 is 1.90 bits per heavy atom. The first-order chi connectivity index (χ1) is 9.97. The summed E-state index contributed by atoms with van der Waals surface area (Å²) in [5, 5.41) is 3.13. The average molecular weight is 289 g/mol. The summed E-state index contributed by atoms with van der Waals surface area (Å²) in [6, 6.07) is 6.49. The first kappa shape index (κ1) is 15.2. The van der Waals surface area contributed by atoms with Crippen molar-refractivity contribution in [2.24, 2.45) is 0 Å². The van der Waals surface area contributed by atoms with Crippen molar-refractivity contribution in [3.63, 3.8) is 0 Å². The lowest BCUT2D eigenvalue weighted by Crippen LogP contribution is -2.29. The third kappa shape index (κ3) is 3.90. The normalized spacial score (nSPS) is 12.4. The van der Waals surface area contributed by atoms with Crippen molar-refractivity contribution in [1.29, 1.82) is 0 Å². The van der Waals surface area contributed by atoms with E-state index in [1.807, 2.05) is 20.8 Å². The lowest BCUT2D eigenvalue weighted by Gasteiger charge is -2.16. The Balaban J connectivity index is 2.09. The molecule has 0 saturated heterocycles. The summed E-state index contributed by atoms with van der Waals surface area (Å²) in [5.41, 5.74) is 0.884. The molecule has 0 saturated carbocycles. The molecule has 0 aliphatic rings. The van der Waals surface area contributed by atoms with Crippen LogP contribution in [-0.2, 0) is 6.42 Å². The summed E-state index contributed by atoms with van der Waals surface area (Å²) in [7, 11) is 0. The molecule has 1 aromatic heterocycles. The van der Waals surface area contributed by atoms with Crippen LogP contribution in [0.2, 0.25) is 0 Å². The van der Waals surface area contributed by atoms with E-state index in [4.69, 9.17) is 0 Å². The number of rotatable bonds is 5. The molecule has 5 heteroatoms. The van der Waals surface area contributed by atoms with Gasteiger partial charge in [-0.3, -0.25) is 4.79 Å². The molecular weight excluding hydrogens is 269 g/mol. The predicted molar refractivity (Wildman–Crippen MR) is 82.1 cm³/mol. The zero-order valence-corrected chi connectivity index (χ0v) is 12.5. The molecule has 21 heavy (non-hydrogen) atoms. The van der Waals surface area contributed by atoms with Crippen molar-refractivity contribution in [3.8, 4) is 0 Å². The maximum atomic E-state index is 12.9. The van der Waals surface area contributed by atoms with E-state index in [-0.39, 0.29) is 23.5 Å². The topological polar surface area (TPSA) is 46.9 Å². The summed E-state index contributed by atoms with van der Waals surface area (Å²) < 4.78 is 14.5. The van der Waals surface area contributed by atoms with Gasteiger partial charge < -0.3 is 9.88 Å². The Kier molecular flexibility index (Phi) is 4.73. The highest BCUT2D eigenvalue weighted by molar-refractivity contribution is 5.33. The number of benzene rings is 1. The Bertz CT molecular complexity index is 649. The van der Waals surface area contributed by atoms with Gasteiger partial charge in [-0.25, -0.2) is 9.37 Å². The molecule has 1 unspecified atom stereocenters. The van der Waals surface area contributed by atoms with Crippen LogP contribution in [0.15, 0.2) is 41.5 Å². The average Bonchev–Trinajstić information content (AvgIpc) is 2.43. The zero-order valence-electron chi connectivity index (χ0n) is 12.5. The molecule has 0 fully saturated rings. The van der Waals surface area contributed by atoms with Gasteiger partial charge in [-0.2, -0.15) is 0 Å². The smallest absolute Gasteiger partial charge is 0.293 e. The van der Waals surface area contributed by atoms with Crippen LogP contribution in [0.5, 0.6) is 0 Å². The zero-order chi connectivity index (χ0) is 15.4. The maximum absolute atomic E-state index is 12.9. The lowest BCUT2D eigenvalue weighted by atomic mass is 10.1. The molecule has 1 heterocycles. The van der Waals surface area contributed by atoms with E-state index in [0.29, 0.717) is 12.2 Å². The molecule has 1 N–H and O–H groups in total. The summed E-state index contributed by atoms with van der Waals surface area (Å²) in [6.07, 6.45) is 4.00. The molecule has 0 spiro atoms. The van der Waals surface area contributed by atoms with Crippen molar-refractivity contribution in [1.82, 2.24) is 9.55 Å². The lowest BCUT2D eigenvalue weighted by molar-refractivity contribution is 0.574. The molecular formula is C16H20FN3O. The summed E-state index contributed by atoms with van der Waals surface area (Å²) in [4.78, 5) is 16.3. The molecule has 1 aromatic carbocycles. The number of aromatic nitrogens is 2. The van der Waals surface area contributed by atoms with Gasteiger partial charge in [0.15, 0.2) is 5.82 Å². The molecule has 1 atom stereocenters. The Hall–Kier alpha value is -2.17. The second-order valence-electron chi connectivity index (χ2n) is 5.46. The van der Waals surface area contributed by atoms with E-state index in [1.165, 1.54) is 12.1 Å². The first-order valence-electron chi connectivity index (χ1n) is 7.05. The minimum absolute atomic E-state index is 0.0265. The SMILES string of the molecule is CC(Cc1ccc(F)cc1)Nc1nccn(C(C)C)c1=O. The number of hydrogen-bond acceptors (Lipinski definition) is 3. The van der Waals surface area contributed by atoms with Crippen molar-refractivity contribution in [2.75, 3.05) is 5.32 Å². The second kappa shape index (κ2) is 6.52. The molecule has 0 aliphatic heterocycles. The minimum atomic E-state index is -0.246. The number of halogens is 1. The van der Waals surface area contributed by atoms with Crippen LogP contribution >= 0.6 is 0 Å². The van der Waals surface area contributed by atoms with Crippen molar-refractivity contribution in [3.05, 3.63) is 58.4 Å².